The SMILES string of the molecule is CC1(C)Oc2c(cccc2C2(C(=O)O)CCCC2)S1. The molecule has 2 aliphatic rings. The maximum Gasteiger partial charge on any atom is 0.314 e. The van der Waals surface area contributed by atoms with E-state index in [0.29, 0.717) is 12.8 Å². The van der Waals surface area contributed by atoms with Gasteiger partial charge in [-0.2, -0.15) is 0 Å². The molecule has 1 saturated carbocycles. The summed E-state index contributed by atoms with van der Waals surface area (Å²) >= 11 is 1.66. The van der Waals surface area contributed by atoms with Gasteiger partial charge < -0.3 is 9.84 Å². The molecular weight excluding hydrogens is 260 g/mol. The van der Waals surface area contributed by atoms with Crippen molar-refractivity contribution in [1.29, 1.82) is 0 Å². The van der Waals surface area contributed by atoms with Gasteiger partial charge in [-0.1, -0.05) is 36.7 Å². The number of ether oxygens (including phenoxy) is 1. The maximum absolute atomic E-state index is 11.8. The molecule has 0 atom stereocenters. The van der Waals surface area contributed by atoms with Gasteiger partial charge in [0.2, 0.25) is 0 Å². The van der Waals surface area contributed by atoms with Crippen LogP contribution in [0.2, 0.25) is 0 Å². The second-order valence-electron chi connectivity index (χ2n) is 5.83. The number of carboxylic acid groups (broad SMARTS) is 1. The summed E-state index contributed by atoms with van der Waals surface area (Å²) in [4.78, 5) is 12.6. The number of aliphatic carboxylic acids is 1. The molecule has 0 saturated heterocycles. The highest BCUT2D eigenvalue weighted by molar-refractivity contribution is 8.00. The summed E-state index contributed by atoms with van der Waals surface area (Å²) in [7, 11) is 0. The molecule has 0 amide bonds. The van der Waals surface area contributed by atoms with Gasteiger partial charge >= 0.3 is 5.97 Å². The fourth-order valence-corrected chi connectivity index (χ4v) is 4.23. The van der Waals surface area contributed by atoms with E-state index >= 15 is 0 Å². The predicted octanol–water partition coefficient (Wildman–Crippen LogP) is 3.80. The van der Waals surface area contributed by atoms with Crippen molar-refractivity contribution in [2.45, 2.75) is 54.8 Å². The van der Waals surface area contributed by atoms with Crippen molar-refractivity contribution in [2.75, 3.05) is 0 Å². The van der Waals surface area contributed by atoms with Crippen LogP contribution in [0.3, 0.4) is 0 Å². The lowest BCUT2D eigenvalue weighted by molar-refractivity contribution is -0.143. The van der Waals surface area contributed by atoms with E-state index in [2.05, 4.69) is 0 Å². The minimum atomic E-state index is -0.744. The third kappa shape index (κ3) is 1.93. The first kappa shape index (κ1) is 12.9. The average Bonchev–Trinajstić information content (AvgIpc) is 2.90. The van der Waals surface area contributed by atoms with Gasteiger partial charge in [0.15, 0.2) is 4.93 Å². The molecule has 0 aromatic heterocycles. The number of hydrogen-bond acceptors (Lipinski definition) is 3. The Morgan fingerprint density at radius 2 is 2.00 bits per heavy atom. The maximum atomic E-state index is 11.8. The highest BCUT2D eigenvalue weighted by atomic mass is 32.2. The molecule has 1 fully saturated rings. The number of para-hydroxylation sites is 1. The van der Waals surface area contributed by atoms with Crippen LogP contribution < -0.4 is 4.74 Å². The molecule has 19 heavy (non-hydrogen) atoms. The molecule has 102 valence electrons. The zero-order valence-electron chi connectivity index (χ0n) is 11.2. The summed E-state index contributed by atoms with van der Waals surface area (Å²) in [6.07, 6.45) is 3.39. The molecule has 0 spiro atoms. The van der Waals surface area contributed by atoms with Crippen molar-refractivity contribution >= 4 is 17.7 Å². The van der Waals surface area contributed by atoms with Crippen molar-refractivity contribution in [3.8, 4) is 5.75 Å². The molecule has 1 aromatic carbocycles. The van der Waals surface area contributed by atoms with Crippen LogP contribution in [0.15, 0.2) is 23.1 Å². The van der Waals surface area contributed by atoms with Gasteiger partial charge in [-0.3, -0.25) is 4.79 Å². The Morgan fingerprint density at radius 1 is 1.32 bits per heavy atom. The zero-order chi connectivity index (χ0) is 13.7. The summed E-state index contributed by atoms with van der Waals surface area (Å²) in [6.45, 7) is 4.03. The third-order valence-electron chi connectivity index (χ3n) is 4.06. The van der Waals surface area contributed by atoms with Crippen LogP contribution in [0.5, 0.6) is 5.75 Å². The van der Waals surface area contributed by atoms with Crippen LogP contribution in [0.25, 0.3) is 0 Å². The summed E-state index contributed by atoms with van der Waals surface area (Å²) < 4.78 is 6.01. The van der Waals surface area contributed by atoms with E-state index < -0.39 is 11.4 Å². The number of hydrogen-bond donors (Lipinski definition) is 1. The van der Waals surface area contributed by atoms with Crippen LogP contribution in [0.1, 0.15) is 45.1 Å². The van der Waals surface area contributed by atoms with Crippen molar-refractivity contribution in [2.24, 2.45) is 0 Å². The highest BCUT2D eigenvalue weighted by Crippen LogP contribution is 2.54. The first-order valence-electron chi connectivity index (χ1n) is 6.70. The highest BCUT2D eigenvalue weighted by Gasteiger charge is 2.47. The van der Waals surface area contributed by atoms with E-state index in [1.165, 1.54) is 0 Å². The number of benzene rings is 1. The van der Waals surface area contributed by atoms with Gasteiger partial charge in [0, 0.05) is 5.56 Å². The van der Waals surface area contributed by atoms with Crippen molar-refractivity contribution < 1.29 is 14.6 Å². The molecule has 4 heteroatoms. The first-order chi connectivity index (χ1) is 8.95. The van der Waals surface area contributed by atoms with Gasteiger partial charge in [0.1, 0.15) is 5.75 Å². The van der Waals surface area contributed by atoms with Crippen LogP contribution in [0, 0.1) is 0 Å². The molecule has 1 aromatic rings. The fourth-order valence-electron chi connectivity index (χ4n) is 3.19. The molecule has 1 aliphatic heterocycles. The molecule has 0 bridgehead atoms. The second kappa shape index (κ2) is 4.17. The third-order valence-corrected chi connectivity index (χ3v) is 5.18. The number of carbonyl (C=O) groups is 1. The molecule has 0 unspecified atom stereocenters. The van der Waals surface area contributed by atoms with Gasteiger partial charge in [-0.15, -0.1) is 0 Å². The van der Waals surface area contributed by atoms with E-state index in [9.17, 15) is 9.90 Å². The van der Waals surface area contributed by atoms with Gasteiger partial charge in [-0.25, -0.2) is 0 Å². The number of carboxylic acids is 1. The van der Waals surface area contributed by atoms with E-state index in [1.54, 1.807) is 11.8 Å². The molecule has 3 nitrogen and oxygen atoms in total. The lowest BCUT2D eigenvalue weighted by atomic mass is 9.78. The summed E-state index contributed by atoms with van der Waals surface area (Å²) in [5.41, 5.74) is 0.125. The zero-order valence-corrected chi connectivity index (χ0v) is 12.0. The molecule has 1 aliphatic carbocycles. The van der Waals surface area contributed by atoms with Crippen LogP contribution in [0.4, 0.5) is 0 Å². The Morgan fingerprint density at radius 3 is 2.63 bits per heavy atom. The quantitative estimate of drug-likeness (QED) is 0.893. The minimum Gasteiger partial charge on any atom is -0.481 e. The summed E-state index contributed by atoms with van der Waals surface area (Å²) in [5, 5.41) is 9.72. The number of thioether (sulfide) groups is 1. The Balaban J connectivity index is 2.13. The Labute approximate surface area is 117 Å². The van der Waals surface area contributed by atoms with Crippen LogP contribution in [-0.4, -0.2) is 16.0 Å². The van der Waals surface area contributed by atoms with E-state index in [0.717, 1.165) is 29.1 Å². The molecular formula is C15H18O3S. The van der Waals surface area contributed by atoms with E-state index in [4.69, 9.17) is 4.74 Å². The molecule has 1 heterocycles. The average molecular weight is 278 g/mol. The Kier molecular flexibility index (Phi) is 2.82. The van der Waals surface area contributed by atoms with Crippen molar-refractivity contribution in [3.63, 3.8) is 0 Å². The van der Waals surface area contributed by atoms with Gasteiger partial charge in [-0.05, 0) is 32.8 Å². The monoisotopic (exact) mass is 278 g/mol. The lowest BCUT2D eigenvalue weighted by Gasteiger charge is -2.27. The number of fused-ring (bicyclic) bond motifs is 1. The largest absolute Gasteiger partial charge is 0.481 e. The first-order valence-corrected chi connectivity index (χ1v) is 7.51. The molecule has 1 N–H and O–H groups in total. The van der Waals surface area contributed by atoms with E-state index in [-0.39, 0.29) is 4.93 Å². The van der Waals surface area contributed by atoms with Gasteiger partial charge in [0.25, 0.3) is 0 Å². The molecule has 0 radical (unpaired) electrons. The standard InChI is InChI=1S/C15H18O3S/c1-14(2)18-12-10(6-5-7-11(12)19-14)15(13(16)17)8-3-4-9-15/h5-7H,3-4,8-9H2,1-2H3,(H,16,17). The Bertz CT molecular complexity index is 530. The predicted molar refractivity (Wildman–Crippen MR) is 74.8 cm³/mol. The number of rotatable bonds is 2. The summed E-state index contributed by atoms with van der Waals surface area (Å²) in [5.74, 6) is 0.0820. The van der Waals surface area contributed by atoms with Crippen molar-refractivity contribution in [1.82, 2.24) is 0 Å². The topological polar surface area (TPSA) is 46.5 Å². The lowest BCUT2D eigenvalue weighted by Crippen LogP contribution is -2.33. The normalized spacial score (nSPS) is 22.8. The summed E-state index contributed by atoms with van der Waals surface area (Å²) in [6, 6.07) is 5.90. The van der Waals surface area contributed by atoms with E-state index in [1.807, 2.05) is 32.0 Å². The van der Waals surface area contributed by atoms with Gasteiger partial charge in [0.05, 0.1) is 10.3 Å². The van der Waals surface area contributed by atoms with Crippen LogP contribution >= 0.6 is 11.8 Å². The minimum absolute atomic E-state index is 0.309. The molecule has 3 rings (SSSR count). The van der Waals surface area contributed by atoms with Crippen molar-refractivity contribution in [3.05, 3.63) is 23.8 Å². The smallest absolute Gasteiger partial charge is 0.314 e. The second-order valence-corrected chi connectivity index (χ2v) is 7.46. The fraction of sp³-hybridized carbons (Fsp3) is 0.533. The van der Waals surface area contributed by atoms with Crippen LogP contribution in [-0.2, 0) is 10.2 Å². The Hall–Kier alpha value is -1.16.